The summed E-state index contributed by atoms with van der Waals surface area (Å²) in [4.78, 5) is 6.13. The fraction of sp³-hybridized carbons (Fsp3) is 0.400. The lowest BCUT2D eigenvalue weighted by Gasteiger charge is -2.47. The zero-order valence-corrected chi connectivity index (χ0v) is 18.7. The third kappa shape index (κ3) is 3.77. The number of piperidine rings is 1. The van der Waals surface area contributed by atoms with E-state index in [1.54, 1.807) is 0 Å². The van der Waals surface area contributed by atoms with Gasteiger partial charge in [-0.25, -0.2) is 0 Å². The van der Waals surface area contributed by atoms with E-state index < -0.39 is 0 Å². The first-order valence-electron chi connectivity index (χ1n) is 10.8. The lowest BCUT2D eigenvalue weighted by atomic mass is 9.86. The number of fused-ring (bicyclic) bond motifs is 1. The molecule has 0 saturated carbocycles. The van der Waals surface area contributed by atoms with Crippen molar-refractivity contribution >= 4 is 34.4 Å². The largest absolute Gasteiger partial charge is 0.357 e. The van der Waals surface area contributed by atoms with Gasteiger partial charge in [0.25, 0.3) is 0 Å². The molecule has 2 aliphatic heterocycles. The summed E-state index contributed by atoms with van der Waals surface area (Å²) in [5, 5.41) is 11.3. The van der Waals surface area contributed by atoms with Crippen LogP contribution in [0, 0.1) is 17.2 Å². The van der Waals surface area contributed by atoms with Crippen LogP contribution in [0.15, 0.2) is 60.7 Å². The van der Waals surface area contributed by atoms with Crippen molar-refractivity contribution in [2.45, 2.75) is 35.9 Å². The maximum atomic E-state index is 10.0. The second kappa shape index (κ2) is 8.70. The van der Waals surface area contributed by atoms with E-state index in [4.69, 9.17) is 0 Å². The van der Waals surface area contributed by atoms with Gasteiger partial charge in [-0.3, -0.25) is 4.90 Å². The number of aromatic amines is 1. The highest BCUT2D eigenvalue weighted by Crippen LogP contribution is 2.58. The van der Waals surface area contributed by atoms with E-state index in [9.17, 15) is 5.26 Å². The Balaban J connectivity index is 1.42. The molecule has 5 heteroatoms. The summed E-state index contributed by atoms with van der Waals surface area (Å²) < 4.78 is 0.0329. The first kappa shape index (κ1) is 20.1. The van der Waals surface area contributed by atoms with Gasteiger partial charge in [0.2, 0.25) is 0 Å². The van der Waals surface area contributed by atoms with Gasteiger partial charge in [0.15, 0.2) is 0 Å². The van der Waals surface area contributed by atoms with E-state index in [0.717, 1.165) is 25.9 Å². The molecule has 3 nitrogen and oxygen atoms in total. The Hall–Kier alpha value is -1.87. The SMILES string of the molecule is N#CC1CC(C2(c3cc4ccccc4[nH]3)SCCCS2)CCN1Cc1ccccc1. The van der Waals surface area contributed by atoms with Crippen molar-refractivity contribution in [2.24, 2.45) is 5.92 Å². The molecule has 2 saturated heterocycles. The van der Waals surface area contributed by atoms with Crippen LogP contribution in [0.2, 0.25) is 0 Å². The second-order valence-electron chi connectivity index (χ2n) is 8.31. The molecule has 1 aromatic heterocycles. The maximum Gasteiger partial charge on any atom is 0.104 e. The molecule has 2 aliphatic rings. The first-order valence-corrected chi connectivity index (χ1v) is 12.8. The summed E-state index contributed by atoms with van der Waals surface area (Å²) in [7, 11) is 0. The van der Waals surface area contributed by atoms with Gasteiger partial charge < -0.3 is 4.98 Å². The molecule has 2 atom stereocenters. The quantitative estimate of drug-likeness (QED) is 0.548. The molecule has 0 amide bonds. The predicted octanol–water partition coefficient (Wildman–Crippen LogP) is 6.00. The topological polar surface area (TPSA) is 42.8 Å². The standard InChI is InChI=1S/C25H27N3S2/c26-17-22-16-21(11-12-28(22)18-19-7-2-1-3-8-19)25(29-13-6-14-30-25)24-15-20-9-4-5-10-23(20)27-24/h1-5,7-10,15,21-22,27H,6,11-14,16,18H2. The second-order valence-corrected chi connectivity index (χ2v) is 11.3. The van der Waals surface area contributed by atoms with Crippen LogP contribution in [0.25, 0.3) is 10.9 Å². The third-order valence-corrected chi connectivity index (χ3v) is 10.1. The molecule has 0 aliphatic carbocycles. The molecule has 2 aromatic carbocycles. The molecule has 0 bridgehead atoms. The van der Waals surface area contributed by atoms with Crippen molar-refractivity contribution in [3.05, 3.63) is 71.9 Å². The number of hydrogen-bond acceptors (Lipinski definition) is 4. The molecular weight excluding hydrogens is 406 g/mol. The van der Waals surface area contributed by atoms with Gasteiger partial charge in [0, 0.05) is 24.3 Å². The summed E-state index contributed by atoms with van der Waals surface area (Å²) in [6.45, 7) is 1.85. The molecule has 0 radical (unpaired) electrons. The van der Waals surface area contributed by atoms with E-state index in [1.807, 2.05) is 0 Å². The highest BCUT2D eigenvalue weighted by molar-refractivity contribution is 8.18. The van der Waals surface area contributed by atoms with Crippen molar-refractivity contribution in [3.8, 4) is 6.07 Å². The number of rotatable bonds is 4. The van der Waals surface area contributed by atoms with Crippen LogP contribution < -0.4 is 0 Å². The number of aromatic nitrogens is 1. The van der Waals surface area contributed by atoms with Gasteiger partial charge in [-0.1, -0.05) is 48.5 Å². The Morgan fingerprint density at radius 3 is 2.60 bits per heavy atom. The van der Waals surface area contributed by atoms with E-state index in [1.165, 1.54) is 40.1 Å². The van der Waals surface area contributed by atoms with Gasteiger partial charge in [0.1, 0.15) is 4.08 Å². The number of nitrogens with one attached hydrogen (secondary N) is 1. The highest BCUT2D eigenvalue weighted by Gasteiger charge is 2.47. The van der Waals surface area contributed by atoms with Crippen LogP contribution >= 0.6 is 23.5 Å². The minimum atomic E-state index is -0.0201. The molecule has 0 spiro atoms. The first-order chi connectivity index (χ1) is 14.8. The van der Waals surface area contributed by atoms with Gasteiger partial charge in [-0.15, -0.1) is 23.5 Å². The van der Waals surface area contributed by atoms with Crippen LogP contribution in [0.4, 0.5) is 0 Å². The van der Waals surface area contributed by atoms with Gasteiger partial charge in [-0.05, 0) is 59.8 Å². The Kier molecular flexibility index (Phi) is 5.82. The Morgan fingerprint density at radius 1 is 1.07 bits per heavy atom. The van der Waals surface area contributed by atoms with E-state index >= 15 is 0 Å². The number of thioether (sulfide) groups is 2. The number of likely N-dealkylation sites (tertiary alicyclic amines) is 1. The molecule has 2 fully saturated rings. The molecule has 1 N–H and O–H groups in total. The van der Waals surface area contributed by atoms with Crippen molar-refractivity contribution in [1.82, 2.24) is 9.88 Å². The molecule has 5 rings (SSSR count). The number of H-pyrrole nitrogens is 1. The molecule has 3 heterocycles. The smallest absolute Gasteiger partial charge is 0.104 e. The van der Waals surface area contributed by atoms with Gasteiger partial charge in [0.05, 0.1) is 12.1 Å². The van der Waals surface area contributed by atoms with Crippen molar-refractivity contribution in [2.75, 3.05) is 18.1 Å². The van der Waals surface area contributed by atoms with E-state index in [-0.39, 0.29) is 10.1 Å². The van der Waals surface area contributed by atoms with Crippen LogP contribution in [0.5, 0.6) is 0 Å². The molecule has 30 heavy (non-hydrogen) atoms. The van der Waals surface area contributed by atoms with Crippen LogP contribution in [-0.2, 0) is 10.6 Å². The fourth-order valence-corrected chi connectivity index (χ4v) is 8.55. The third-order valence-electron chi connectivity index (χ3n) is 6.46. The number of hydrogen-bond donors (Lipinski definition) is 1. The lowest BCUT2D eigenvalue weighted by molar-refractivity contribution is 0.131. The van der Waals surface area contributed by atoms with Gasteiger partial charge in [-0.2, -0.15) is 5.26 Å². The summed E-state index contributed by atoms with van der Waals surface area (Å²) in [5.74, 6) is 2.89. The van der Waals surface area contributed by atoms with E-state index in [2.05, 4.69) is 100 Å². The van der Waals surface area contributed by atoms with Gasteiger partial charge >= 0.3 is 0 Å². The van der Waals surface area contributed by atoms with Crippen molar-refractivity contribution in [3.63, 3.8) is 0 Å². The number of nitriles is 1. The van der Waals surface area contributed by atoms with Crippen molar-refractivity contribution in [1.29, 1.82) is 5.26 Å². The Morgan fingerprint density at radius 2 is 1.83 bits per heavy atom. The predicted molar refractivity (Wildman–Crippen MR) is 128 cm³/mol. The number of nitrogens with zero attached hydrogens (tertiary/aromatic N) is 2. The maximum absolute atomic E-state index is 10.0. The minimum Gasteiger partial charge on any atom is -0.357 e. The molecule has 3 aromatic rings. The Labute approximate surface area is 187 Å². The van der Waals surface area contributed by atoms with E-state index in [0.29, 0.717) is 5.92 Å². The average Bonchev–Trinajstić information content (AvgIpc) is 3.25. The molecular formula is C25H27N3S2. The molecule has 2 unspecified atom stereocenters. The Bertz CT molecular complexity index is 1000. The highest BCUT2D eigenvalue weighted by atomic mass is 32.2. The summed E-state index contributed by atoms with van der Waals surface area (Å²) in [6.07, 6.45) is 3.35. The lowest BCUT2D eigenvalue weighted by Crippen LogP contribution is -2.46. The van der Waals surface area contributed by atoms with Crippen LogP contribution in [0.3, 0.4) is 0 Å². The zero-order chi connectivity index (χ0) is 20.4. The average molecular weight is 434 g/mol. The zero-order valence-electron chi connectivity index (χ0n) is 17.1. The minimum absolute atomic E-state index is 0.0201. The van der Waals surface area contributed by atoms with Crippen LogP contribution in [0.1, 0.15) is 30.5 Å². The monoisotopic (exact) mass is 433 g/mol. The molecule has 154 valence electrons. The summed E-state index contributed by atoms with van der Waals surface area (Å²) in [5.41, 5.74) is 3.86. The number of para-hydroxylation sites is 1. The summed E-state index contributed by atoms with van der Waals surface area (Å²) >= 11 is 4.21. The van der Waals surface area contributed by atoms with Crippen LogP contribution in [-0.4, -0.2) is 34.0 Å². The normalized spacial score (nSPS) is 24.5. The fourth-order valence-electron chi connectivity index (χ4n) is 4.92. The number of benzene rings is 2. The summed E-state index contributed by atoms with van der Waals surface area (Å²) in [6, 6.07) is 24.1. The van der Waals surface area contributed by atoms with Crippen molar-refractivity contribution < 1.29 is 0 Å².